The van der Waals surface area contributed by atoms with Crippen molar-refractivity contribution in [3.05, 3.63) is 29.3 Å². The normalized spacial score (nSPS) is 16.6. The first kappa shape index (κ1) is 14.0. The Morgan fingerprint density at radius 2 is 2.06 bits per heavy atom. The van der Waals surface area contributed by atoms with Gasteiger partial charge in [-0.25, -0.2) is 13.1 Å². The van der Waals surface area contributed by atoms with E-state index in [2.05, 4.69) is 20.7 Å². The third-order valence-electron chi connectivity index (χ3n) is 3.32. The van der Waals surface area contributed by atoms with Gasteiger partial charge in [0.05, 0.1) is 4.90 Å². The van der Waals surface area contributed by atoms with Crippen LogP contribution in [0.15, 0.2) is 23.1 Å². The third kappa shape index (κ3) is 3.13. The van der Waals surface area contributed by atoms with Crippen molar-refractivity contribution in [3.63, 3.8) is 0 Å². The predicted octanol–water partition coefficient (Wildman–Crippen LogP) is 2.63. The van der Waals surface area contributed by atoms with Crippen molar-refractivity contribution in [3.8, 4) is 0 Å². The Balaban J connectivity index is 2.15. The summed E-state index contributed by atoms with van der Waals surface area (Å²) >= 11 is 3.42. The van der Waals surface area contributed by atoms with E-state index in [4.69, 9.17) is 0 Å². The number of halogens is 1. The topological polar surface area (TPSA) is 46.2 Å². The van der Waals surface area contributed by atoms with Crippen molar-refractivity contribution in [1.29, 1.82) is 0 Å². The third-order valence-corrected chi connectivity index (χ3v) is 5.71. The van der Waals surface area contributed by atoms with Crippen LogP contribution in [0.5, 0.6) is 0 Å². The standard InChI is InChI=1S/C13H18BrNO2S/c1-2-12(14)9-15-18(16,17)13-7-6-10-4-3-5-11(10)8-13/h6-8,12,15H,2-5,9H2,1H3. The molecule has 100 valence electrons. The maximum atomic E-state index is 12.1. The zero-order chi connectivity index (χ0) is 13.2. The molecular formula is C13H18BrNO2S. The highest BCUT2D eigenvalue weighted by Crippen LogP contribution is 2.24. The molecule has 0 fully saturated rings. The molecule has 0 saturated heterocycles. The van der Waals surface area contributed by atoms with Crippen LogP contribution in [-0.4, -0.2) is 19.8 Å². The summed E-state index contributed by atoms with van der Waals surface area (Å²) in [4.78, 5) is 0.570. The van der Waals surface area contributed by atoms with Gasteiger partial charge in [-0.05, 0) is 48.9 Å². The van der Waals surface area contributed by atoms with E-state index in [1.807, 2.05) is 19.1 Å². The molecule has 18 heavy (non-hydrogen) atoms. The van der Waals surface area contributed by atoms with Crippen LogP contribution in [0.2, 0.25) is 0 Å². The molecule has 0 amide bonds. The van der Waals surface area contributed by atoms with Crippen molar-refractivity contribution in [2.75, 3.05) is 6.54 Å². The molecular weight excluding hydrogens is 314 g/mol. The molecule has 1 aromatic rings. The summed E-state index contributed by atoms with van der Waals surface area (Å²) in [6, 6.07) is 5.48. The summed E-state index contributed by atoms with van der Waals surface area (Å²) in [5.41, 5.74) is 2.48. The smallest absolute Gasteiger partial charge is 0.210 e. The molecule has 2 rings (SSSR count). The summed E-state index contributed by atoms with van der Waals surface area (Å²) in [5, 5.41) is 0. The highest BCUT2D eigenvalue weighted by molar-refractivity contribution is 9.09. The second kappa shape index (κ2) is 5.72. The number of fused-ring (bicyclic) bond motifs is 1. The summed E-state index contributed by atoms with van der Waals surface area (Å²) in [6.45, 7) is 2.44. The summed E-state index contributed by atoms with van der Waals surface area (Å²) in [6.07, 6.45) is 4.09. The van der Waals surface area contributed by atoms with Gasteiger partial charge in [0, 0.05) is 11.4 Å². The average Bonchev–Trinajstić information content (AvgIpc) is 2.83. The molecule has 1 unspecified atom stereocenters. The van der Waals surface area contributed by atoms with Crippen molar-refractivity contribution >= 4 is 26.0 Å². The van der Waals surface area contributed by atoms with E-state index in [9.17, 15) is 8.42 Å². The number of rotatable bonds is 5. The molecule has 1 aromatic carbocycles. The summed E-state index contributed by atoms with van der Waals surface area (Å²) < 4.78 is 26.9. The summed E-state index contributed by atoms with van der Waals surface area (Å²) in [5.74, 6) is 0. The first-order valence-electron chi connectivity index (χ1n) is 6.28. The zero-order valence-corrected chi connectivity index (χ0v) is 12.9. The fraction of sp³-hybridized carbons (Fsp3) is 0.538. The zero-order valence-electron chi connectivity index (χ0n) is 10.4. The Morgan fingerprint density at radius 1 is 1.33 bits per heavy atom. The molecule has 0 aliphatic heterocycles. The van der Waals surface area contributed by atoms with Crippen LogP contribution in [0.4, 0.5) is 0 Å². The molecule has 5 heteroatoms. The van der Waals surface area contributed by atoms with Crippen LogP contribution < -0.4 is 4.72 Å². The lowest BCUT2D eigenvalue weighted by atomic mass is 10.1. The van der Waals surface area contributed by atoms with Crippen LogP contribution in [0.1, 0.15) is 30.9 Å². The second-order valence-electron chi connectivity index (χ2n) is 4.64. The van der Waals surface area contributed by atoms with E-state index in [1.165, 1.54) is 11.1 Å². The molecule has 1 aliphatic carbocycles. The molecule has 1 N–H and O–H groups in total. The van der Waals surface area contributed by atoms with Crippen molar-refractivity contribution in [2.24, 2.45) is 0 Å². The highest BCUT2D eigenvalue weighted by Gasteiger charge is 2.18. The lowest BCUT2D eigenvalue weighted by Gasteiger charge is -2.10. The number of alkyl halides is 1. The molecule has 0 radical (unpaired) electrons. The van der Waals surface area contributed by atoms with Gasteiger partial charge in [-0.1, -0.05) is 28.9 Å². The summed E-state index contributed by atoms with van der Waals surface area (Å²) in [7, 11) is -3.37. The molecule has 1 atom stereocenters. The van der Waals surface area contributed by atoms with E-state index in [0.717, 1.165) is 25.7 Å². The van der Waals surface area contributed by atoms with E-state index in [1.54, 1.807) is 6.07 Å². The maximum absolute atomic E-state index is 12.1. The van der Waals surface area contributed by atoms with E-state index in [-0.39, 0.29) is 4.83 Å². The van der Waals surface area contributed by atoms with Crippen LogP contribution in [0.3, 0.4) is 0 Å². The highest BCUT2D eigenvalue weighted by atomic mass is 79.9. The Morgan fingerprint density at radius 3 is 2.78 bits per heavy atom. The van der Waals surface area contributed by atoms with Gasteiger partial charge in [0.2, 0.25) is 10.0 Å². The Bertz CT molecular complexity index is 528. The first-order chi connectivity index (χ1) is 8.53. The van der Waals surface area contributed by atoms with Gasteiger partial charge < -0.3 is 0 Å². The minimum absolute atomic E-state index is 0.182. The minimum atomic E-state index is -3.37. The van der Waals surface area contributed by atoms with Crippen molar-refractivity contribution in [1.82, 2.24) is 4.72 Å². The fourth-order valence-electron chi connectivity index (χ4n) is 2.14. The molecule has 0 spiro atoms. The van der Waals surface area contributed by atoms with Gasteiger partial charge in [-0.2, -0.15) is 0 Å². The number of aryl methyl sites for hydroxylation is 2. The van der Waals surface area contributed by atoms with Crippen molar-refractivity contribution < 1.29 is 8.42 Å². The number of sulfonamides is 1. The Hall–Kier alpha value is -0.390. The molecule has 0 aromatic heterocycles. The second-order valence-corrected chi connectivity index (χ2v) is 7.70. The molecule has 0 bridgehead atoms. The number of hydrogen-bond acceptors (Lipinski definition) is 2. The quantitative estimate of drug-likeness (QED) is 0.843. The van der Waals surface area contributed by atoms with Crippen LogP contribution in [-0.2, 0) is 22.9 Å². The predicted molar refractivity (Wildman–Crippen MR) is 76.7 cm³/mol. The molecule has 0 saturated carbocycles. The van der Waals surface area contributed by atoms with E-state index in [0.29, 0.717) is 11.4 Å². The van der Waals surface area contributed by atoms with Crippen LogP contribution >= 0.6 is 15.9 Å². The minimum Gasteiger partial charge on any atom is -0.210 e. The van der Waals surface area contributed by atoms with Crippen LogP contribution in [0, 0.1) is 0 Å². The average molecular weight is 332 g/mol. The van der Waals surface area contributed by atoms with Gasteiger partial charge >= 0.3 is 0 Å². The molecule has 3 nitrogen and oxygen atoms in total. The Kier molecular flexibility index (Phi) is 4.45. The van der Waals surface area contributed by atoms with Crippen LogP contribution in [0.25, 0.3) is 0 Å². The van der Waals surface area contributed by atoms with E-state index < -0.39 is 10.0 Å². The monoisotopic (exact) mass is 331 g/mol. The van der Waals surface area contributed by atoms with Gasteiger partial charge in [-0.15, -0.1) is 0 Å². The first-order valence-corrected chi connectivity index (χ1v) is 8.68. The maximum Gasteiger partial charge on any atom is 0.240 e. The fourth-order valence-corrected chi connectivity index (χ4v) is 3.65. The number of benzene rings is 1. The van der Waals surface area contributed by atoms with Gasteiger partial charge in [0.15, 0.2) is 0 Å². The molecule has 1 aliphatic rings. The SMILES string of the molecule is CCC(Br)CNS(=O)(=O)c1ccc2c(c1)CCC2. The lowest BCUT2D eigenvalue weighted by Crippen LogP contribution is -2.29. The number of nitrogens with one attached hydrogen (secondary N) is 1. The number of hydrogen-bond donors (Lipinski definition) is 1. The Labute approximate surface area is 117 Å². The van der Waals surface area contributed by atoms with Gasteiger partial charge in [0.1, 0.15) is 0 Å². The molecule has 0 heterocycles. The van der Waals surface area contributed by atoms with Crippen molar-refractivity contribution in [2.45, 2.75) is 42.3 Å². The largest absolute Gasteiger partial charge is 0.240 e. The van der Waals surface area contributed by atoms with E-state index >= 15 is 0 Å². The lowest BCUT2D eigenvalue weighted by molar-refractivity contribution is 0.580. The van der Waals surface area contributed by atoms with Gasteiger partial charge in [0.25, 0.3) is 0 Å². The van der Waals surface area contributed by atoms with Gasteiger partial charge in [-0.3, -0.25) is 0 Å².